The number of nitrogens with one attached hydrogen (secondary N) is 1. The fourth-order valence-corrected chi connectivity index (χ4v) is 1.87. The highest BCUT2D eigenvalue weighted by Crippen LogP contribution is 2.03. The normalized spacial score (nSPS) is 28.8. The molecule has 0 unspecified atom stereocenters. The Kier molecular flexibility index (Phi) is 2.60. The lowest BCUT2D eigenvalue weighted by molar-refractivity contribution is 0.161. The Labute approximate surface area is 74.1 Å². The molecule has 0 amide bonds. The van der Waals surface area contributed by atoms with Gasteiger partial charge >= 0.3 is 0 Å². The van der Waals surface area contributed by atoms with Crippen molar-refractivity contribution >= 4 is 0 Å². The van der Waals surface area contributed by atoms with Gasteiger partial charge in [0.25, 0.3) is 0 Å². The third-order valence-corrected chi connectivity index (χ3v) is 2.58. The van der Waals surface area contributed by atoms with Crippen LogP contribution in [0.3, 0.4) is 0 Å². The van der Waals surface area contributed by atoms with E-state index in [1.165, 1.54) is 19.6 Å². The van der Waals surface area contributed by atoms with E-state index in [1.54, 1.807) is 0 Å². The summed E-state index contributed by atoms with van der Waals surface area (Å²) in [7, 11) is 2.18. The molecular formula is C8H18N4. The Hall–Kier alpha value is -0.160. The van der Waals surface area contributed by atoms with Crippen molar-refractivity contribution < 1.29 is 0 Å². The largest absolute Gasteiger partial charge is 0.303 e. The van der Waals surface area contributed by atoms with Crippen LogP contribution >= 0.6 is 0 Å². The Morgan fingerprint density at radius 1 is 1.17 bits per heavy atom. The molecular weight excluding hydrogens is 152 g/mol. The number of hydrogen-bond acceptors (Lipinski definition) is 4. The Morgan fingerprint density at radius 3 is 2.67 bits per heavy atom. The molecule has 2 aliphatic heterocycles. The Balaban J connectivity index is 1.72. The molecule has 2 rings (SSSR count). The second-order valence-corrected chi connectivity index (χ2v) is 3.81. The Morgan fingerprint density at radius 2 is 2.08 bits per heavy atom. The maximum Gasteiger partial charge on any atom is 0.0530 e. The summed E-state index contributed by atoms with van der Waals surface area (Å²) in [6, 6.07) is 0. The van der Waals surface area contributed by atoms with E-state index in [9.17, 15) is 0 Å². The zero-order valence-corrected chi connectivity index (χ0v) is 7.79. The second-order valence-electron chi connectivity index (χ2n) is 3.81. The van der Waals surface area contributed by atoms with Gasteiger partial charge in [0.2, 0.25) is 0 Å². The van der Waals surface area contributed by atoms with Crippen LogP contribution in [0.15, 0.2) is 0 Å². The highest BCUT2D eigenvalue weighted by Gasteiger charge is 2.20. The lowest BCUT2D eigenvalue weighted by Crippen LogP contribution is -2.36. The molecule has 0 aliphatic carbocycles. The first-order valence-corrected chi connectivity index (χ1v) is 4.68. The first-order valence-electron chi connectivity index (χ1n) is 4.68. The maximum absolute atomic E-state index is 3.34. The molecule has 1 N–H and O–H groups in total. The van der Waals surface area contributed by atoms with Crippen LogP contribution in [0, 0.1) is 0 Å². The van der Waals surface area contributed by atoms with E-state index in [-0.39, 0.29) is 0 Å². The van der Waals surface area contributed by atoms with Crippen molar-refractivity contribution in [2.45, 2.75) is 0 Å². The van der Waals surface area contributed by atoms with E-state index >= 15 is 0 Å². The molecule has 0 spiro atoms. The number of rotatable bonds is 2. The standard InChI is InChI=1S/C8H18N4/c1-10-4-5-12(7-10)8-11-3-2-9-6-11/h9H,2-8H2,1H3. The Bertz CT molecular complexity index is 144. The van der Waals surface area contributed by atoms with Crippen LogP contribution in [-0.4, -0.2) is 67.9 Å². The fraction of sp³-hybridized carbons (Fsp3) is 1.00. The minimum atomic E-state index is 1.07. The van der Waals surface area contributed by atoms with Crippen molar-refractivity contribution in [3.8, 4) is 0 Å². The van der Waals surface area contributed by atoms with Crippen LogP contribution in [0.2, 0.25) is 0 Å². The van der Waals surface area contributed by atoms with Crippen molar-refractivity contribution in [1.82, 2.24) is 20.0 Å². The van der Waals surface area contributed by atoms with E-state index in [1.807, 2.05) is 0 Å². The molecule has 0 aromatic carbocycles. The average Bonchev–Trinajstić information content (AvgIpc) is 2.63. The van der Waals surface area contributed by atoms with Gasteiger partial charge in [0.1, 0.15) is 0 Å². The van der Waals surface area contributed by atoms with Crippen LogP contribution in [0.25, 0.3) is 0 Å². The second kappa shape index (κ2) is 3.70. The molecule has 4 heteroatoms. The van der Waals surface area contributed by atoms with Crippen molar-refractivity contribution in [3.05, 3.63) is 0 Å². The quantitative estimate of drug-likeness (QED) is 0.574. The first kappa shape index (κ1) is 8.44. The number of likely N-dealkylation sites (N-methyl/N-ethyl adjacent to an activating group) is 1. The summed E-state index contributed by atoms with van der Waals surface area (Å²) in [5, 5.41) is 3.34. The molecule has 0 saturated carbocycles. The van der Waals surface area contributed by atoms with E-state index in [4.69, 9.17) is 0 Å². The minimum Gasteiger partial charge on any atom is -0.303 e. The van der Waals surface area contributed by atoms with Crippen molar-refractivity contribution in [1.29, 1.82) is 0 Å². The smallest absolute Gasteiger partial charge is 0.0530 e. The lowest BCUT2D eigenvalue weighted by Gasteiger charge is -2.22. The van der Waals surface area contributed by atoms with Crippen LogP contribution < -0.4 is 5.32 Å². The molecule has 0 atom stereocenters. The highest BCUT2D eigenvalue weighted by atomic mass is 15.4. The molecule has 0 aromatic rings. The summed E-state index contributed by atoms with van der Waals surface area (Å²) >= 11 is 0. The predicted molar refractivity (Wildman–Crippen MR) is 48.6 cm³/mol. The van der Waals surface area contributed by atoms with Gasteiger partial charge in [-0.1, -0.05) is 0 Å². The SMILES string of the molecule is CN1CCN(CN2CCNC2)C1. The van der Waals surface area contributed by atoms with Gasteiger partial charge in [-0.3, -0.25) is 14.7 Å². The summed E-state index contributed by atoms with van der Waals surface area (Å²) < 4.78 is 0. The predicted octanol–water partition coefficient (Wildman–Crippen LogP) is -0.988. The average molecular weight is 170 g/mol. The summed E-state index contributed by atoms with van der Waals surface area (Å²) in [5.41, 5.74) is 0. The molecule has 70 valence electrons. The van der Waals surface area contributed by atoms with Gasteiger partial charge in [0.05, 0.1) is 13.3 Å². The van der Waals surface area contributed by atoms with Gasteiger partial charge in [-0.05, 0) is 7.05 Å². The van der Waals surface area contributed by atoms with E-state index < -0.39 is 0 Å². The van der Waals surface area contributed by atoms with E-state index in [0.29, 0.717) is 0 Å². The van der Waals surface area contributed by atoms with Crippen molar-refractivity contribution in [3.63, 3.8) is 0 Å². The van der Waals surface area contributed by atoms with Gasteiger partial charge in [-0.15, -0.1) is 0 Å². The maximum atomic E-state index is 3.34. The van der Waals surface area contributed by atoms with Crippen LogP contribution in [0.5, 0.6) is 0 Å². The third-order valence-electron chi connectivity index (χ3n) is 2.58. The summed E-state index contributed by atoms with van der Waals surface area (Å²) in [5.74, 6) is 0. The van der Waals surface area contributed by atoms with Gasteiger partial charge in [0.15, 0.2) is 0 Å². The topological polar surface area (TPSA) is 21.8 Å². The van der Waals surface area contributed by atoms with Gasteiger partial charge in [0, 0.05) is 32.8 Å². The zero-order chi connectivity index (χ0) is 8.39. The van der Waals surface area contributed by atoms with Crippen LogP contribution in [0.4, 0.5) is 0 Å². The zero-order valence-electron chi connectivity index (χ0n) is 7.79. The van der Waals surface area contributed by atoms with Crippen LogP contribution in [0.1, 0.15) is 0 Å². The summed E-state index contributed by atoms with van der Waals surface area (Å²) in [4.78, 5) is 7.32. The third kappa shape index (κ3) is 1.95. The van der Waals surface area contributed by atoms with Crippen molar-refractivity contribution in [2.75, 3.05) is 53.2 Å². The molecule has 0 radical (unpaired) electrons. The summed E-state index contributed by atoms with van der Waals surface area (Å²) in [6.45, 7) is 8.16. The molecule has 4 nitrogen and oxygen atoms in total. The highest BCUT2D eigenvalue weighted by molar-refractivity contribution is 4.71. The lowest BCUT2D eigenvalue weighted by atomic mass is 10.6. The molecule has 2 heterocycles. The molecule has 0 bridgehead atoms. The molecule has 0 aromatic heterocycles. The van der Waals surface area contributed by atoms with Gasteiger partial charge in [-0.25, -0.2) is 0 Å². The van der Waals surface area contributed by atoms with Crippen LogP contribution in [-0.2, 0) is 0 Å². The van der Waals surface area contributed by atoms with E-state index in [2.05, 4.69) is 27.1 Å². The molecule has 12 heavy (non-hydrogen) atoms. The first-order chi connectivity index (χ1) is 5.84. The fourth-order valence-electron chi connectivity index (χ4n) is 1.87. The molecule has 2 aliphatic rings. The molecule has 2 saturated heterocycles. The molecule has 2 fully saturated rings. The number of hydrogen-bond donors (Lipinski definition) is 1. The minimum absolute atomic E-state index is 1.07. The van der Waals surface area contributed by atoms with Crippen molar-refractivity contribution in [2.24, 2.45) is 0 Å². The summed E-state index contributed by atoms with van der Waals surface area (Å²) in [6.07, 6.45) is 0. The monoisotopic (exact) mass is 170 g/mol. The van der Waals surface area contributed by atoms with E-state index in [0.717, 1.165) is 26.6 Å². The van der Waals surface area contributed by atoms with Gasteiger partial charge < -0.3 is 5.32 Å². The number of nitrogens with zero attached hydrogens (tertiary/aromatic N) is 3. The van der Waals surface area contributed by atoms with Gasteiger partial charge in [-0.2, -0.15) is 0 Å².